The minimum Gasteiger partial charge on any atom is -0.507 e. The monoisotopic (exact) mass is 425 g/mol. The molecule has 8 nitrogen and oxygen atoms in total. The van der Waals surface area contributed by atoms with Crippen LogP contribution in [0, 0.1) is 18.8 Å². The van der Waals surface area contributed by atoms with Crippen LogP contribution < -0.4 is 15.4 Å². The van der Waals surface area contributed by atoms with Crippen molar-refractivity contribution in [3.63, 3.8) is 0 Å². The third-order valence-electron chi connectivity index (χ3n) is 6.03. The SMILES string of the molecule is Cc1nc(N[C@@H]2CCC[C@H](C(=O)NCC(C)C)C2)nnc1-c1ccc2c(c1O)CCO2. The zero-order valence-corrected chi connectivity index (χ0v) is 18.4. The molecule has 3 N–H and O–H groups in total. The fourth-order valence-electron chi connectivity index (χ4n) is 4.35. The highest BCUT2D eigenvalue weighted by molar-refractivity contribution is 5.78. The number of rotatable bonds is 6. The van der Waals surface area contributed by atoms with Gasteiger partial charge < -0.3 is 20.5 Å². The van der Waals surface area contributed by atoms with Crippen molar-refractivity contribution < 1.29 is 14.6 Å². The fraction of sp³-hybridized carbons (Fsp3) is 0.565. The molecule has 1 fully saturated rings. The van der Waals surface area contributed by atoms with Crippen LogP contribution in [0.5, 0.6) is 11.5 Å². The number of anilines is 1. The molecule has 1 aliphatic carbocycles. The van der Waals surface area contributed by atoms with Gasteiger partial charge in [0.2, 0.25) is 11.9 Å². The fourth-order valence-corrected chi connectivity index (χ4v) is 4.35. The topological polar surface area (TPSA) is 109 Å². The minimum atomic E-state index is 0.0175. The number of carbonyl (C=O) groups is 1. The van der Waals surface area contributed by atoms with Gasteiger partial charge in [-0.15, -0.1) is 10.2 Å². The molecule has 2 aliphatic rings. The minimum absolute atomic E-state index is 0.0175. The van der Waals surface area contributed by atoms with Crippen LogP contribution in [-0.2, 0) is 11.2 Å². The molecule has 1 saturated carbocycles. The number of phenols is 1. The van der Waals surface area contributed by atoms with Crippen molar-refractivity contribution in [2.75, 3.05) is 18.5 Å². The summed E-state index contributed by atoms with van der Waals surface area (Å²) in [5, 5.41) is 25.7. The Balaban J connectivity index is 1.44. The summed E-state index contributed by atoms with van der Waals surface area (Å²) < 4.78 is 5.51. The Hall–Kier alpha value is -2.90. The second-order valence-electron chi connectivity index (χ2n) is 8.95. The second-order valence-corrected chi connectivity index (χ2v) is 8.95. The highest BCUT2D eigenvalue weighted by Crippen LogP contribution is 2.40. The first-order chi connectivity index (χ1) is 14.9. The van der Waals surface area contributed by atoms with Crippen molar-refractivity contribution in [3.05, 3.63) is 23.4 Å². The lowest BCUT2D eigenvalue weighted by Gasteiger charge is -2.29. The Kier molecular flexibility index (Phi) is 6.25. The number of aromatic hydroxyl groups is 1. The summed E-state index contributed by atoms with van der Waals surface area (Å²) in [4.78, 5) is 17.0. The molecule has 2 heterocycles. The summed E-state index contributed by atoms with van der Waals surface area (Å²) in [6, 6.07) is 3.80. The van der Waals surface area contributed by atoms with Gasteiger partial charge in [-0.1, -0.05) is 20.3 Å². The number of benzene rings is 1. The van der Waals surface area contributed by atoms with E-state index in [1.54, 1.807) is 6.07 Å². The number of aromatic nitrogens is 3. The largest absolute Gasteiger partial charge is 0.507 e. The maximum absolute atomic E-state index is 12.5. The van der Waals surface area contributed by atoms with Gasteiger partial charge >= 0.3 is 0 Å². The molecular formula is C23H31N5O3. The van der Waals surface area contributed by atoms with Crippen LogP contribution in [-0.4, -0.2) is 45.4 Å². The Labute approximate surface area is 182 Å². The predicted molar refractivity (Wildman–Crippen MR) is 118 cm³/mol. The molecule has 166 valence electrons. The second kappa shape index (κ2) is 9.08. The predicted octanol–water partition coefficient (Wildman–Crippen LogP) is 3.23. The van der Waals surface area contributed by atoms with Gasteiger partial charge in [0.15, 0.2) is 0 Å². The van der Waals surface area contributed by atoms with Gasteiger partial charge in [0, 0.05) is 36.1 Å². The van der Waals surface area contributed by atoms with E-state index in [4.69, 9.17) is 4.74 Å². The summed E-state index contributed by atoms with van der Waals surface area (Å²) in [6.45, 7) is 7.34. The number of amides is 1. The maximum atomic E-state index is 12.5. The quantitative estimate of drug-likeness (QED) is 0.652. The van der Waals surface area contributed by atoms with Gasteiger partial charge in [-0.25, -0.2) is 4.98 Å². The summed E-state index contributed by atoms with van der Waals surface area (Å²) in [7, 11) is 0. The third-order valence-corrected chi connectivity index (χ3v) is 6.03. The number of ether oxygens (including phenoxy) is 1. The van der Waals surface area contributed by atoms with Crippen molar-refractivity contribution in [1.82, 2.24) is 20.5 Å². The van der Waals surface area contributed by atoms with Crippen LogP contribution in [0.2, 0.25) is 0 Å². The standard InChI is InChI=1S/C23H31N5O3/c1-13(2)12-24-22(30)15-5-4-6-16(11-15)26-23-25-14(3)20(27-28-23)18-7-8-19-17(21(18)29)9-10-31-19/h7-8,13,15-16,29H,4-6,9-12H2,1-3H3,(H,24,30)(H,25,26,28)/t15-,16+/m0/s1. The number of nitrogens with zero attached hydrogens (tertiary/aromatic N) is 3. The number of hydrogen-bond acceptors (Lipinski definition) is 7. The average Bonchev–Trinajstić information content (AvgIpc) is 3.23. The zero-order chi connectivity index (χ0) is 22.0. The Morgan fingerprint density at radius 1 is 1.29 bits per heavy atom. The summed E-state index contributed by atoms with van der Waals surface area (Å²) in [6.07, 6.45) is 4.33. The first kappa shape index (κ1) is 21.3. The lowest BCUT2D eigenvalue weighted by molar-refractivity contribution is -0.126. The molecule has 0 unspecified atom stereocenters. The van der Waals surface area contributed by atoms with E-state index in [1.165, 1.54) is 0 Å². The first-order valence-corrected chi connectivity index (χ1v) is 11.2. The molecule has 1 aliphatic heterocycles. The molecule has 0 saturated heterocycles. The van der Waals surface area contributed by atoms with E-state index in [-0.39, 0.29) is 23.6 Å². The Morgan fingerprint density at radius 3 is 2.90 bits per heavy atom. The maximum Gasteiger partial charge on any atom is 0.243 e. The normalized spacial score (nSPS) is 20.3. The molecule has 31 heavy (non-hydrogen) atoms. The summed E-state index contributed by atoms with van der Waals surface area (Å²) >= 11 is 0. The molecule has 2 atom stereocenters. The third kappa shape index (κ3) is 4.73. The molecule has 2 aromatic rings. The number of nitrogens with one attached hydrogen (secondary N) is 2. The molecule has 0 radical (unpaired) electrons. The number of hydrogen-bond donors (Lipinski definition) is 3. The van der Waals surface area contributed by atoms with Crippen LogP contribution in [0.1, 0.15) is 50.8 Å². The van der Waals surface area contributed by atoms with E-state index in [0.717, 1.165) is 37.0 Å². The van der Waals surface area contributed by atoms with Crippen LogP contribution in [0.15, 0.2) is 12.1 Å². The number of aryl methyl sites for hydroxylation is 1. The van der Waals surface area contributed by atoms with Crippen LogP contribution in [0.4, 0.5) is 5.95 Å². The first-order valence-electron chi connectivity index (χ1n) is 11.2. The van der Waals surface area contributed by atoms with Crippen LogP contribution in [0.3, 0.4) is 0 Å². The Morgan fingerprint density at radius 2 is 2.13 bits per heavy atom. The number of phenolic OH excluding ortho intramolecular Hbond substituents is 1. The Bertz CT molecular complexity index is 962. The molecule has 4 rings (SSSR count). The molecule has 1 aromatic carbocycles. The summed E-state index contributed by atoms with van der Waals surface area (Å²) in [5.74, 6) is 1.98. The van der Waals surface area contributed by atoms with Crippen molar-refractivity contribution in [2.45, 2.75) is 58.9 Å². The van der Waals surface area contributed by atoms with E-state index in [2.05, 4.69) is 39.7 Å². The van der Waals surface area contributed by atoms with Crippen molar-refractivity contribution >= 4 is 11.9 Å². The van der Waals surface area contributed by atoms with Crippen molar-refractivity contribution in [3.8, 4) is 22.8 Å². The van der Waals surface area contributed by atoms with Gasteiger partial charge in [0.1, 0.15) is 17.2 Å². The van der Waals surface area contributed by atoms with Gasteiger partial charge in [-0.3, -0.25) is 4.79 Å². The average molecular weight is 426 g/mol. The van der Waals surface area contributed by atoms with Crippen LogP contribution >= 0.6 is 0 Å². The van der Waals surface area contributed by atoms with Gasteiger partial charge in [0.05, 0.1) is 12.3 Å². The van der Waals surface area contributed by atoms with Crippen molar-refractivity contribution in [1.29, 1.82) is 0 Å². The molecule has 1 amide bonds. The number of carbonyl (C=O) groups excluding carboxylic acids is 1. The van der Waals surface area contributed by atoms with E-state index in [9.17, 15) is 9.90 Å². The molecule has 1 aromatic heterocycles. The lowest BCUT2D eigenvalue weighted by Crippen LogP contribution is -2.38. The lowest BCUT2D eigenvalue weighted by atomic mass is 9.85. The van der Waals surface area contributed by atoms with Gasteiger partial charge in [-0.2, -0.15) is 0 Å². The summed E-state index contributed by atoms with van der Waals surface area (Å²) in [5.41, 5.74) is 2.68. The van der Waals surface area contributed by atoms with E-state index in [1.807, 2.05) is 13.0 Å². The molecule has 0 bridgehead atoms. The van der Waals surface area contributed by atoms with Gasteiger partial charge in [0.25, 0.3) is 0 Å². The van der Waals surface area contributed by atoms with Crippen LogP contribution in [0.25, 0.3) is 11.3 Å². The zero-order valence-electron chi connectivity index (χ0n) is 18.4. The highest BCUT2D eigenvalue weighted by Gasteiger charge is 2.28. The van der Waals surface area contributed by atoms with E-state index >= 15 is 0 Å². The van der Waals surface area contributed by atoms with E-state index < -0.39 is 0 Å². The number of fused-ring (bicyclic) bond motifs is 1. The highest BCUT2D eigenvalue weighted by atomic mass is 16.5. The van der Waals surface area contributed by atoms with Crippen molar-refractivity contribution in [2.24, 2.45) is 11.8 Å². The smallest absolute Gasteiger partial charge is 0.243 e. The van der Waals surface area contributed by atoms with Gasteiger partial charge in [-0.05, 0) is 44.2 Å². The molecule has 8 heteroatoms. The molecule has 0 spiro atoms. The van der Waals surface area contributed by atoms with E-state index in [0.29, 0.717) is 48.4 Å². The molecular weight excluding hydrogens is 394 g/mol.